The molecule has 7 nitrogen and oxygen atoms in total. The van der Waals surface area contributed by atoms with E-state index < -0.39 is 5.97 Å². The van der Waals surface area contributed by atoms with Gasteiger partial charge in [0.15, 0.2) is 12.4 Å². The van der Waals surface area contributed by atoms with Gasteiger partial charge in [-0.15, -0.1) is 10.2 Å². The zero-order valence-electron chi connectivity index (χ0n) is 17.2. The molecule has 156 valence electrons. The lowest BCUT2D eigenvalue weighted by Gasteiger charge is -2.12. The summed E-state index contributed by atoms with van der Waals surface area (Å²) in [6, 6.07) is 22.9. The van der Waals surface area contributed by atoms with Crippen molar-refractivity contribution in [3.05, 3.63) is 72.8 Å². The van der Waals surface area contributed by atoms with Crippen LogP contribution in [0, 0.1) is 0 Å². The van der Waals surface area contributed by atoms with Gasteiger partial charge in [-0.2, -0.15) is 0 Å². The predicted octanol–water partition coefficient (Wildman–Crippen LogP) is 4.60. The minimum absolute atomic E-state index is 0.135. The van der Waals surface area contributed by atoms with Crippen LogP contribution in [0.4, 0.5) is 11.5 Å². The monoisotopic (exact) mass is 415 g/mol. The molecule has 0 aliphatic heterocycles. The van der Waals surface area contributed by atoms with Crippen molar-refractivity contribution >= 4 is 28.2 Å². The smallest absolute Gasteiger partial charge is 0.343 e. The van der Waals surface area contributed by atoms with Crippen LogP contribution >= 0.6 is 0 Å². The molecule has 3 aromatic carbocycles. The molecule has 0 radical (unpaired) electrons. The average Bonchev–Trinajstić information content (AvgIpc) is 2.83. The fourth-order valence-electron chi connectivity index (χ4n) is 3.13. The molecule has 0 atom stereocenters. The van der Waals surface area contributed by atoms with Gasteiger partial charge in [-0.3, -0.25) is 0 Å². The number of rotatable bonds is 7. The van der Waals surface area contributed by atoms with Crippen LogP contribution in [-0.4, -0.2) is 37.0 Å². The summed E-state index contributed by atoms with van der Waals surface area (Å²) < 4.78 is 15.2. The molecule has 4 rings (SSSR count). The van der Waals surface area contributed by atoms with Crippen molar-refractivity contribution in [3.63, 3.8) is 0 Å². The fourth-order valence-corrected chi connectivity index (χ4v) is 3.13. The number of anilines is 2. The number of esters is 1. The van der Waals surface area contributed by atoms with E-state index >= 15 is 0 Å². The van der Waals surface area contributed by atoms with Gasteiger partial charge in [0, 0.05) is 22.0 Å². The first-order valence-corrected chi connectivity index (χ1v) is 9.64. The Morgan fingerprint density at radius 2 is 1.52 bits per heavy atom. The van der Waals surface area contributed by atoms with Gasteiger partial charge in [-0.05, 0) is 48.5 Å². The maximum atomic E-state index is 11.2. The number of nitrogens with zero attached hydrogens (tertiary/aromatic N) is 2. The lowest BCUT2D eigenvalue weighted by Crippen LogP contribution is -2.12. The molecule has 0 aliphatic carbocycles. The quantitative estimate of drug-likeness (QED) is 0.442. The van der Waals surface area contributed by atoms with E-state index in [0.29, 0.717) is 11.6 Å². The Balaban J connectivity index is 1.62. The van der Waals surface area contributed by atoms with Gasteiger partial charge in [0.05, 0.1) is 14.2 Å². The predicted molar refractivity (Wildman–Crippen MR) is 119 cm³/mol. The first kappa shape index (κ1) is 20.2. The van der Waals surface area contributed by atoms with Crippen molar-refractivity contribution < 1.29 is 19.0 Å². The average molecular weight is 415 g/mol. The van der Waals surface area contributed by atoms with Crippen LogP contribution in [0.2, 0.25) is 0 Å². The van der Waals surface area contributed by atoms with Crippen molar-refractivity contribution in [3.8, 4) is 22.8 Å². The van der Waals surface area contributed by atoms with Gasteiger partial charge in [-0.25, -0.2) is 4.79 Å². The first-order valence-electron chi connectivity index (χ1n) is 9.64. The number of carbonyl (C=O) groups is 1. The van der Waals surface area contributed by atoms with Crippen LogP contribution < -0.4 is 14.8 Å². The molecule has 1 N–H and O–H groups in total. The minimum Gasteiger partial charge on any atom is -0.497 e. The third kappa shape index (κ3) is 4.56. The zero-order valence-corrected chi connectivity index (χ0v) is 17.2. The molecule has 0 amide bonds. The second kappa shape index (κ2) is 9.13. The topological polar surface area (TPSA) is 82.6 Å². The summed E-state index contributed by atoms with van der Waals surface area (Å²) in [7, 11) is 2.96. The Labute approximate surface area is 179 Å². The van der Waals surface area contributed by atoms with E-state index in [9.17, 15) is 4.79 Å². The van der Waals surface area contributed by atoms with Gasteiger partial charge in [-0.1, -0.05) is 24.3 Å². The summed E-state index contributed by atoms with van der Waals surface area (Å²) in [5.41, 5.74) is 2.54. The Kier molecular flexibility index (Phi) is 5.93. The van der Waals surface area contributed by atoms with Crippen molar-refractivity contribution in [2.75, 3.05) is 26.1 Å². The molecule has 0 aliphatic rings. The van der Waals surface area contributed by atoms with Crippen LogP contribution in [0.15, 0.2) is 72.8 Å². The number of carbonyl (C=O) groups excluding carboxylic acids is 1. The number of ether oxygens (including phenoxy) is 3. The Hall–Kier alpha value is -4.13. The van der Waals surface area contributed by atoms with Crippen LogP contribution in [0.3, 0.4) is 0 Å². The molecule has 31 heavy (non-hydrogen) atoms. The van der Waals surface area contributed by atoms with Crippen LogP contribution in [0.25, 0.3) is 22.0 Å². The molecule has 7 heteroatoms. The molecule has 0 spiro atoms. The molecular weight excluding hydrogens is 394 g/mol. The second-order valence-electron chi connectivity index (χ2n) is 6.69. The van der Waals surface area contributed by atoms with E-state index in [-0.39, 0.29) is 6.61 Å². The number of hydrogen-bond donors (Lipinski definition) is 1. The third-order valence-electron chi connectivity index (χ3n) is 4.75. The van der Waals surface area contributed by atoms with E-state index in [1.165, 1.54) is 7.11 Å². The van der Waals surface area contributed by atoms with Crippen molar-refractivity contribution in [1.29, 1.82) is 0 Å². The molecule has 0 saturated carbocycles. The number of nitrogens with one attached hydrogen (secondary N) is 1. The largest absolute Gasteiger partial charge is 0.497 e. The molecular formula is C24H21N3O4. The molecule has 0 bridgehead atoms. The van der Waals surface area contributed by atoms with Gasteiger partial charge in [0.1, 0.15) is 17.2 Å². The van der Waals surface area contributed by atoms with Gasteiger partial charge >= 0.3 is 5.97 Å². The highest BCUT2D eigenvalue weighted by molar-refractivity contribution is 6.00. The molecule has 0 saturated heterocycles. The van der Waals surface area contributed by atoms with Crippen LogP contribution in [0.1, 0.15) is 0 Å². The van der Waals surface area contributed by atoms with E-state index in [0.717, 1.165) is 33.5 Å². The van der Waals surface area contributed by atoms with Crippen LogP contribution in [0.5, 0.6) is 11.5 Å². The number of hydrogen-bond acceptors (Lipinski definition) is 7. The summed E-state index contributed by atoms with van der Waals surface area (Å²) in [4.78, 5) is 11.2. The standard InChI is InChI=1S/C24H21N3O4/c1-29-18-13-9-17(10-14-18)25-24-21-6-4-3-5-20(21)23(26-27-24)16-7-11-19(12-8-16)31-15-22(28)30-2/h3-14H,15H2,1-2H3,(H,25,27). The summed E-state index contributed by atoms with van der Waals surface area (Å²) in [6.45, 7) is -0.135. The van der Waals surface area contributed by atoms with E-state index in [4.69, 9.17) is 9.47 Å². The molecule has 4 aromatic rings. The van der Waals surface area contributed by atoms with Crippen LogP contribution in [-0.2, 0) is 9.53 Å². The number of methoxy groups -OCH3 is 2. The second-order valence-corrected chi connectivity index (χ2v) is 6.69. The number of fused-ring (bicyclic) bond motifs is 1. The zero-order chi connectivity index (χ0) is 21.6. The Bertz CT molecular complexity index is 1190. The summed E-state index contributed by atoms with van der Waals surface area (Å²) in [6.07, 6.45) is 0. The Morgan fingerprint density at radius 1 is 0.839 bits per heavy atom. The SMILES string of the molecule is COC(=O)COc1ccc(-c2nnc(Nc3ccc(OC)cc3)c3ccccc23)cc1. The third-order valence-corrected chi connectivity index (χ3v) is 4.75. The lowest BCUT2D eigenvalue weighted by atomic mass is 10.0. The van der Waals surface area contributed by atoms with Crippen molar-refractivity contribution in [1.82, 2.24) is 10.2 Å². The Morgan fingerprint density at radius 3 is 2.19 bits per heavy atom. The molecule has 0 fully saturated rings. The molecule has 1 heterocycles. The van der Waals surface area contributed by atoms with Gasteiger partial charge < -0.3 is 19.5 Å². The molecule has 1 aromatic heterocycles. The summed E-state index contributed by atoms with van der Waals surface area (Å²) in [5.74, 6) is 1.60. The summed E-state index contributed by atoms with van der Waals surface area (Å²) >= 11 is 0. The fraction of sp³-hybridized carbons (Fsp3) is 0.125. The van der Waals surface area contributed by atoms with E-state index in [2.05, 4.69) is 20.3 Å². The highest BCUT2D eigenvalue weighted by atomic mass is 16.6. The van der Waals surface area contributed by atoms with Gasteiger partial charge in [0.2, 0.25) is 0 Å². The highest BCUT2D eigenvalue weighted by Crippen LogP contribution is 2.32. The van der Waals surface area contributed by atoms with Crippen molar-refractivity contribution in [2.24, 2.45) is 0 Å². The van der Waals surface area contributed by atoms with E-state index in [1.54, 1.807) is 19.2 Å². The van der Waals surface area contributed by atoms with Crippen molar-refractivity contribution in [2.45, 2.75) is 0 Å². The maximum Gasteiger partial charge on any atom is 0.343 e. The lowest BCUT2D eigenvalue weighted by molar-refractivity contribution is -0.142. The first-order chi connectivity index (χ1) is 15.2. The maximum absolute atomic E-state index is 11.2. The van der Waals surface area contributed by atoms with Gasteiger partial charge in [0.25, 0.3) is 0 Å². The normalized spacial score (nSPS) is 10.5. The van der Waals surface area contributed by atoms with E-state index in [1.807, 2.05) is 60.7 Å². The minimum atomic E-state index is -0.430. The summed E-state index contributed by atoms with van der Waals surface area (Å²) in [5, 5.41) is 14.1. The highest BCUT2D eigenvalue weighted by Gasteiger charge is 2.12. The number of aromatic nitrogens is 2. The number of benzene rings is 3. The molecule has 0 unspecified atom stereocenters.